The second-order valence-electron chi connectivity index (χ2n) is 6.30. The maximum Gasteiger partial charge on any atom is 0.272 e. The van der Waals surface area contributed by atoms with Crippen molar-refractivity contribution in [2.24, 2.45) is 0 Å². The summed E-state index contributed by atoms with van der Waals surface area (Å²) in [5.41, 5.74) is 5.59. The highest BCUT2D eigenvalue weighted by Gasteiger charge is 2.21. The second kappa shape index (κ2) is 8.98. The first-order valence-corrected chi connectivity index (χ1v) is 9.50. The average molecular weight is 446 g/mol. The number of carbonyl (C=O) groups is 3. The molecule has 0 unspecified atom stereocenters. The van der Waals surface area contributed by atoms with E-state index in [0.717, 1.165) is 0 Å². The van der Waals surface area contributed by atoms with Crippen molar-refractivity contribution in [2.75, 3.05) is 5.32 Å². The first-order chi connectivity index (χ1) is 14.3. The Hall–Kier alpha value is -3.36. The van der Waals surface area contributed by atoms with Gasteiger partial charge >= 0.3 is 0 Å². The molecule has 0 saturated carbocycles. The molecule has 8 nitrogen and oxygen atoms in total. The molecular weight excluding hydrogens is 429 g/mol. The summed E-state index contributed by atoms with van der Waals surface area (Å²) in [6.45, 7) is 2.95. The summed E-state index contributed by atoms with van der Waals surface area (Å²) in [7, 11) is 0. The molecule has 0 aliphatic rings. The van der Waals surface area contributed by atoms with Crippen molar-refractivity contribution in [3.63, 3.8) is 0 Å². The number of aromatic nitrogens is 2. The maximum absolute atomic E-state index is 13.0. The van der Waals surface area contributed by atoms with Crippen LogP contribution in [-0.4, -0.2) is 27.3 Å². The zero-order valence-electron chi connectivity index (χ0n) is 16.0. The molecule has 1 aromatic carbocycles. The predicted octanol–water partition coefficient (Wildman–Crippen LogP) is 3.52. The number of nitrogens with one attached hydrogen (secondary N) is 3. The number of hydrogen-bond acceptors (Lipinski definition) is 4. The van der Waals surface area contributed by atoms with Crippen molar-refractivity contribution in [1.82, 2.24) is 20.4 Å². The summed E-state index contributed by atoms with van der Waals surface area (Å²) >= 11 is 12.3. The Morgan fingerprint density at radius 2 is 1.77 bits per heavy atom. The quantitative estimate of drug-likeness (QED) is 0.534. The molecule has 30 heavy (non-hydrogen) atoms. The number of nitrogens with zero attached hydrogens (tertiary/aromatic N) is 2. The second-order valence-corrected chi connectivity index (χ2v) is 7.12. The molecule has 3 amide bonds. The van der Waals surface area contributed by atoms with Crippen LogP contribution in [0.3, 0.4) is 0 Å². The maximum atomic E-state index is 13.0. The topological polar surface area (TPSA) is 105 Å². The minimum atomic E-state index is -0.635. The standard InChI is InChI=1S/C20H17Cl2N5O3/c1-11-9-13(21)10-14(19(29)26-25-12(2)28)18(11)24-20(30)15-6-7-16(22)27(15)17-5-3-4-8-23-17/h3-10H,1-2H3,(H,24,30)(H,25,28)(H,26,29). The summed E-state index contributed by atoms with van der Waals surface area (Å²) in [6, 6.07) is 11.4. The zero-order valence-corrected chi connectivity index (χ0v) is 17.5. The average Bonchev–Trinajstić information content (AvgIpc) is 3.10. The zero-order chi connectivity index (χ0) is 21.8. The summed E-state index contributed by atoms with van der Waals surface area (Å²) in [5.74, 6) is -1.12. The van der Waals surface area contributed by atoms with Crippen LogP contribution in [-0.2, 0) is 4.79 Å². The Bertz CT molecular complexity index is 1130. The molecule has 2 aromatic heterocycles. The van der Waals surface area contributed by atoms with Crippen LogP contribution in [0.25, 0.3) is 5.82 Å². The van der Waals surface area contributed by atoms with Crippen LogP contribution in [0.4, 0.5) is 5.69 Å². The number of amides is 3. The van der Waals surface area contributed by atoms with E-state index in [9.17, 15) is 14.4 Å². The molecule has 0 aliphatic carbocycles. The number of anilines is 1. The van der Waals surface area contributed by atoms with Crippen molar-refractivity contribution >= 4 is 46.6 Å². The van der Waals surface area contributed by atoms with Crippen molar-refractivity contribution < 1.29 is 14.4 Å². The molecule has 3 rings (SSSR count). The van der Waals surface area contributed by atoms with E-state index >= 15 is 0 Å². The molecule has 0 spiro atoms. The first kappa shape index (κ1) is 21.4. The fraction of sp³-hybridized carbons (Fsp3) is 0.100. The van der Waals surface area contributed by atoms with Gasteiger partial charge in [-0.2, -0.15) is 0 Å². The number of halogens is 2. The summed E-state index contributed by atoms with van der Waals surface area (Å²) in [5, 5.41) is 3.34. The molecule has 3 aromatic rings. The van der Waals surface area contributed by atoms with Crippen LogP contribution in [0.5, 0.6) is 0 Å². The van der Waals surface area contributed by atoms with Crippen molar-refractivity contribution in [3.8, 4) is 5.82 Å². The minimum Gasteiger partial charge on any atom is -0.320 e. The van der Waals surface area contributed by atoms with Crippen LogP contribution in [0.1, 0.15) is 33.3 Å². The lowest BCUT2D eigenvalue weighted by molar-refractivity contribution is -0.119. The van der Waals surface area contributed by atoms with Gasteiger partial charge in [0.05, 0.1) is 11.3 Å². The van der Waals surface area contributed by atoms with Crippen molar-refractivity contribution in [1.29, 1.82) is 0 Å². The number of pyridine rings is 1. The van der Waals surface area contributed by atoms with Crippen LogP contribution >= 0.6 is 23.2 Å². The lowest BCUT2D eigenvalue weighted by atomic mass is 10.1. The smallest absolute Gasteiger partial charge is 0.272 e. The third-order valence-electron chi connectivity index (χ3n) is 4.08. The Balaban J connectivity index is 1.97. The fourth-order valence-electron chi connectivity index (χ4n) is 2.79. The molecule has 3 N–H and O–H groups in total. The van der Waals surface area contributed by atoms with E-state index in [4.69, 9.17) is 23.2 Å². The van der Waals surface area contributed by atoms with E-state index in [1.807, 2.05) is 0 Å². The van der Waals surface area contributed by atoms with Crippen molar-refractivity contribution in [2.45, 2.75) is 13.8 Å². The Labute approximate surface area is 182 Å². The number of hydrazine groups is 1. The molecule has 0 aliphatic heterocycles. The van der Waals surface area contributed by atoms with Crippen LogP contribution in [0.2, 0.25) is 10.2 Å². The van der Waals surface area contributed by atoms with Gasteiger partial charge in [0, 0.05) is 18.1 Å². The predicted molar refractivity (Wildman–Crippen MR) is 114 cm³/mol. The highest BCUT2D eigenvalue weighted by Crippen LogP contribution is 2.27. The SMILES string of the molecule is CC(=O)NNC(=O)c1cc(Cl)cc(C)c1NC(=O)c1ccc(Cl)n1-c1ccccn1. The summed E-state index contributed by atoms with van der Waals surface area (Å²) < 4.78 is 1.49. The third kappa shape index (κ3) is 4.61. The van der Waals surface area contributed by atoms with Crippen LogP contribution in [0, 0.1) is 6.92 Å². The Morgan fingerprint density at radius 3 is 2.43 bits per heavy atom. The van der Waals surface area contributed by atoms with E-state index in [1.54, 1.807) is 49.5 Å². The molecule has 0 fully saturated rings. The summed E-state index contributed by atoms with van der Waals surface area (Å²) in [4.78, 5) is 40.9. The summed E-state index contributed by atoms with van der Waals surface area (Å²) in [6.07, 6.45) is 1.58. The van der Waals surface area contributed by atoms with Crippen molar-refractivity contribution in [3.05, 3.63) is 75.7 Å². The van der Waals surface area contributed by atoms with Gasteiger partial charge in [0.15, 0.2) is 0 Å². The lowest BCUT2D eigenvalue weighted by Crippen LogP contribution is -2.40. The molecule has 0 atom stereocenters. The Kier molecular flexibility index (Phi) is 6.39. The van der Waals surface area contributed by atoms with Gasteiger partial charge in [-0.05, 0) is 48.9 Å². The fourth-order valence-corrected chi connectivity index (χ4v) is 3.30. The number of hydrogen-bond donors (Lipinski definition) is 3. The molecule has 10 heteroatoms. The number of aryl methyl sites for hydroxylation is 1. The molecule has 0 radical (unpaired) electrons. The van der Waals surface area contributed by atoms with Gasteiger partial charge < -0.3 is 5.32 Å². The minimum absolute atomic E-state index is 0.0872. The van der Waals surface area contributed by atoms with E-state index in [-0.39, 0.29) is 16.9 Å². The largest absolute Gasteiger partial charge is 0.320 e. The van der Waals surface area contributed by atoms with E-state index in [0.29, 0.717) is 21.6 Å². The number of benzene rings is 1. The first-order valence-electron chi connectivity index (χ1n) is 8.75. The molecule has 2 heterocycles. The molecule has 154 valence electrons. The normalized spacial score (nSPS) is 10.4. The van der Waals surface area contributed by atoms with Gasteiger partial charge in [-0.25, -0.2) is 4.98 Å². The Morgan fingerprint density at radius 1 is 1.00 bits per heavy atom. The monoisotopic (exact) mass is 445 g/mol. The van der Waals surface area contributed by atoms with Gasteiger partial charge in [-0.1, -0.05) is 29.3 Å². The molecule has 0 bridgehead atoms. The molecule has 0 saturated heterocycles. The highest BCUT2D eigenvalue weighted by molar-refractivity contribution is 6.31. The number of rotatable bonds is 4. The lowest BCUT2D eigenvalue weighted by Gasteiger charge is -2.16. The van der Waals surface area contributed by atoms with Gasteiger partial charge in [0.2, 0.25) is 5.91 Å². The third-order valence-corrected chi connectivity index (χ3v) is 4.59. The van der Waals surface area contributed by atoms with Gasteiger partial charge in [0.1, 0.15) is 16.7 Å². The van der Waals surface area contributed by atoms with Crippen LogP contribution < -0.4 is 16.2 Å². The van der Waals surface area contributed by atoms with E-state index in [1.165, 1.54) is 17.6 Å². The van der Waals surface area contributed by atoms with E-state index < -0.39 is 17.7 Å². The van der Waals surface area contributed by atoms with Crippen LogP contribution in [0.15, 0.2) is 48.7 Å². The number of carbonyl (C=O) groups excluding carboxylic acids is 3. The van der Waals surface area contributed by atoms with Gasteiger partial charge in [-0.3, -0.25) is 29.8 Å². The highest BCUT2D eigenvalue weighted by atomic mass is 35.5. The molecular formula is C20H17Cl2N5O3. The van der Waals surface area contributed by atoms with Gasteiger partial charge in [-0.15, -0.1) is 0 Å². The van der Waals surface area contributed by atoms with Gasteiger partial charge in [0.25, 0.3) is 11.8 Å². The van der Waals surface area contributed by atoms with E-state index in [2.05, 4.69) is 21.2 Å².